The van der Waals surface area contributed by atoms with Gasteiger partial charge in [-0.25, -0.2) is 19.0 Å². The highest BCUT2D eigenvalue weighted by Gasteiger charge is 2.45. The molecular formula is C46H50FN13O3. The Morgan fingerprint density at radius 3 is 2.57 bits per heavy atom. The number of pyridine rings is 2. The van der Waals surface area contributed by atoms with E-state index < -0.39 is 23.5 Å². The summed E-state index contributed by atoms with van der Waals surface area (Å²) in [6, 6.07) is 15.3. The molecule has 16 nitrogen and oxygen atoms in total. The van der Waals surface area contributed by atoms with E-state index in [2.05, 4.69) is 48.0 Å². The van der Waals surface area contributed by atoms with Crippen molar-refractivity contribution in [3.8, 4) is 23.6 Å². The number of nitrogens with zero attached hydrogens (tertiary/aromatic N) is 11. The summed E-state index contributed by atoms with van der Waals surface area (Å²) in [5, 5.41) is 39.7. The summed E-state index contributed by atoms with van der Waals surface area (Å²) in [5.41, 5.74) is 2.70. The smallest absolute Gasteiger partial charge is 0.268 e. The maximum absolute atomic E-state index is 15.5. The van der Waals surface area contributed by atoms with Crippen LogP contribution >= 0.6 is 0 Å². The second kappa shape index (κ2) is 16.8. The lowest BCUT2D eigenvalue weighted by Gasteiger charge is -2.34. The van der Waals surface area contributed by atoms with Crippen molar-refractivity contribution in [3.63, 3.8) is 0 Å². The largest absolute Gasteiger partial charge is 0.374 e. The van der Waals surface area contributed by atoms with Crippen molar-refractivity contribution in [1.29, 1.82) is 10.5 Å². The molecule has 5 aromatic rings. The fourth-order valence-corrected chi connectivity index (χ4v) is 10.4. The summed E-state index contributed by atoms with van der Waals surface area (Å²) in [5.74, 6) is 1.23. The van der Waals surface area contributed by atoms with Crippen LogP contribution in [0.15, 0.2) is 55.0 Å². The van der Waals surface area contributed by atoms with Crippen molar-refractivity contribution in [1.82, 2.24) is 45.0 Å². The third kappa shape index (κ3) is 7.89. The van der Waals surface area contributed by atoms with E-state index in [1.165, 1.54) is 12.0 Å². The molecule has 0 radical (unpaired) electrons. The number of nitrogens with one attached hydrogen (secondary N) is 2. The maximum atomic E-state index is 15.5. The van der Waals surface area contributed by atoms with Crippen LogP contribution in [0.3, 0.4) is 0 Å². The van der Waals surface area contributed by atoms with Crippen LogP contribution in [-0.4, -0.2) is 102 Å². The van der Waals surface area contributed by atoms with Crippen molar-refractivity contribution in [2.75, 3.05) is 43.0 Å². The molecule has 0 unspecified atom stereocenters. The molecule has 5 aliphatic rings. The van der Waals surface area contributed by atoms with Crippen molar-refractivity contribution >= 4 is 34.4 Å². The zero-order valence-corrected chi connectivity index (χ0v) is 35.3. The van der Waals surface area contributed by atoms with Crippen LogP contribution in [0.5, 0.6) is 0 Å². The minimum absolute atomic E-state index is 0.00272. The minimum Gasteiger partial charge on any atom is -0.374 e. The number of hydrogen-bond donors (Lipinski definition) is 2. The summed E-state index contributed by atoms with van der Waals surface area (Å²) in [4.78, 5) is 38.3. The molecule has 4 aromatic heterocycles. The highest BCUT2D eigenvalue weighted by molar-refractivity contribution is 6.02. The third-order valence-corrected chi connectivity index (χ3v) is 14.1. The number of alkyl halides is 1. The molecule has 4 aliphatic heterocycles. The van der Waals surface area contributed by atoms with E-state index in [0.717, 1.165) is 75.7 Å². The number of ether oxygens (including phenoxy) is 1. The Bertz CT molecular complexity index is 2620. The second-order valence-electron chi connectivity index (χ2n) is 18.0. The van der Waals surface area contributed by atoms with Crippen molar-refractivity contribution in [2.45, 2.75) is 107 Å². The number of carbonyl (C=O) groups is 2. The van der Waals surface area contributed by atoms with Gasteiger partial charge in [0.1, 0.15) is 23.6 Å². The van der Waals surface area contributed by atoms with Crippen molar-refractivity contribution in [3.05, 3.63) is 77.4 Å². The van der Waals surface area contributed by atoms with E-state index in [4.69, 9.17) is 14.7 Å². The normalized spacial score (nSPS) is 25.8. The molecule has 63 heavy (non-hydrogen) atoms. The SMILES string of the molecule is C[C@H](C#N)Nc1cc(-n2ncc3cc(C#N)c(N4C[C@H]5C[C@@H]4CO5)nc32)ncc1-n1cc(C2CCC(CCN3CCC(c4ccc([C@@]5(F)CCC(=O)NC5=O)cc4)CC3)CC2)nn1. The number of anilines is 2. The molecule has 324 valence electrons. The number of morpholine rings is 1. The summed E-state index contributed by atoms with van der Waals surface area (Å²) in [6.07, 6.45) is 14.0. The molecule has 17 heteroatoms. The number of hydrogen-bond acceptors (Lipinski definition) is 13. The molecule has 0 spiro atoms. The van der Waals surface area contributed by atoms with E-state index in [1.54, 1.807) is 40.8 Å². The zero-order chi connectivity index (χ0) is 43.2. The topological polar surface area (TPSA) is 196 Å². The summed E-state index contributed by atoms with van der Waals surface area (Å²) in [6.45, 7) is 6.25. The van der Waals surface area contributed by atoms with Gasteiger partial charge in [-0.15, -0.1) is 5.10 Å². The third-order valence-electron chi connectivity index (χ3n) is 14.1. The number of likely N-dealkylation sites (tertiary alicyclic amines) is 1. The zero-order valence-electron chi connectivity index (χ0n) is 35.3. The van der Waals surface area contributed by atoms with E-state index in [0.29, 0.717) is 70.7 Å². The first-order valence-corrected chi connectivity index (χ1v) is 22.3. The molecule has 1 aromatic carbocycles. The van der Waals surface area contributed by atoms with Crippen LogP contribution in [0.25, 0.3) is 22.5 Å². The van der Waals surface area contributed by atoms with Crippen LogP contribution in [0.2, 0.25) is 0 Å². The number of fused-ring (bicyclic) bond motifs is 3. The van der Waals surface area contributed by atoms with Gasteiger partial charge in [-0.1, -0.05) is 29.5 Å². The monoisotopic (exact) mass is 851 g/mol. The molecule has 2 N–H and O–H groups in total. The standard InChI is InChI=1S/C46H50FN13O3/c1-28(21-48)52-38-20-41(60-44-34(23-51-60)18-33(22-49)43(54-44)58-25-37-19-36(58)27-63-37)50-24-40(38)59-26-39(55-56-59)32-4-2-29(3-5-32)11-15-57-16-12-31(13-17-57)30-6-8-35(9-7-30)46(47)14-10-42(61)53-45(46)62/h6-9,18,20,23-24,26,28-29,31-32,36-37H,2-5,10-17,19,25,27H2,1H3,(H,50,52)(H,53,61,62)/t28-,29?,32?,36-,37-,46+/m1/s1. The van der Waals surface area contributed by atoms with Gasteiger partial charge in [0, 0.05) is 36.8 Å². The molecule has 2 bridgehead atoms. The quantitative estimate of drug-likeness (QED) is 0.154. The van der Waals surface area contributed by atoms with E-state index >= 15 is 4.39 Å². The molecule has 1 aliphatic carbocycles. The Hall–Kier alpha value is -6.30. The lowest BCUT2D eigenvalue weighted by molar-refractivity contribution is -0.144. The Balaban J connectivity index is 0.752. The molecular weight excluding hydrogens is 802 g/mol. The van der Waals surface area contributed by atoms with Crippen LogP contribution in [0.1, 0.15) is 105 Å². The van der Waals surface area contributed by atoms with E-state index in [9.17, 15) is 20.1 Å². The Morgan fingerprint density at radius 1 is 1.05 bits per heavy atom. The van der Waals surface area contributed by atoms with Gasteiger partial charge in [-0.3, -0.25) is 14.9 Å². The van der Waals surface area contributed by atoms with Gasteiger partial charge < -0.3 is 19.9 Å². The van der Waals surface area contributed by atoms with Gasteiger partial charge in [0.2, 0.25) is 11.6 Å². The summed E-state index contributed by atoms with van der Waals surface area (Å²) < 4.78 is 24.7. The van der Waals surface area contributed by atoms with Crippen molar-refractivity contribution < 1.29 is 18.7 Å². The maximum Gasteiger partial charge on any atom is 0.268 e. The molecule has 4 atom stereocenters. The van der Waals surface area contributed by atoms with Crippen molar-refractivity contribution in [2.24, 2.45) is 5.92 Å². The van der Waals surface area contributed by atoms with Gasteiger partial charge in [0.15, 0.2) is 11.5 Å². The highest BCUT2D eigenvalue weighted by atomic mass is 19.1. The molecule has 2 amide bonds. The predicted octanol–water partition coefficient (Wildman–Crippen LogP) is 5.71. The number of halogens is 1. The highest BCUT2D eigenvalue weighted by Crippen LogP contribution is 2.39. The number of imide groups is 1. The van der Waals surface area contributed by atoms with Gasteiger partial charge in [-0.05, 0) is 107 Å². The van der Waals surface area contributed by atoms with Crippen LogP contribution in [0.4, 0.5) is 15.9 Å². The Kier molecular flexibility index (Phi) is 10.8. The molecule has 1 saturated carbocycles. The number of amides is 2. The average Bonchev–Trinajstić information content (AvgIpc) is 4.16. The summed E-state index contributed by atoms with van der Waals surface area (Å²) in [7, 11) is 0. The van der Waals surface area contributed by atoms with Crippen LogP contribution < -0.4 is 15.5 Å². The summed E-state index contributed by atoms with van der Waals surface area (Å²) >= 11 is 0. The van der Waals surface area contributed by atoms with Crippen LogP contribution in [-0.2, 0) is 20.0 Å². The molecule has 8 heterocycles. The number of nitriles is 2. The fraction of sp³-hybridized carbons (Fsp3) is 0.500. The van der Waals surface area contributed by atoms with Gasteiger partial charge in [0.25, 0.3) is 5.91 Å². The number of aromatic nitrogens is 7. The lowest BCUT2D eigenvalue weighted by Crippen LogP contribution is -2.49. The van der Waals surface area contributed by atoms with Crippen LogP contribution in [0, 0.1) is 28.6 Å². The van der Waals surface area contributed by atoms with E-state index in [-0.39, 0.29) is 25.0 Å². The number of rotatable bonds is 11. The minimum atomic E-state index is -2.16. The first kappa shape index (κ1) is 40.8. The van der Waals surface area contributed by atoms with Gasteiger partial charge in [0.05, 0.1) is 60.4 Å². The predicted molar refractivity (Wildman–Crippen MR) is 230 cm³/mol. The molecule has 5 fully saturated rings. The molecule has 4 saturated heterocycles. The Labute approximate surface area is 364 Å². The van der Waals surface area contributed by atoms with E-state index in [1.807, 2.05) is 30.5 Å². The lowest BCUT2D eigenvalue weighted by atomic mass is 9.79. The first-order valence-electron chi connectivity index (χ1n) is 22.3. The van der Waals surface area contributed by atoms with Gasteiger partial charge in [-0.2, -0.15) is 20.3 Å². The average molecular weight is 852 g/mol. The first-order chi connectivity index (χ1) is 30.6. The number of piperidine rings is 2. The fourth-order valence-electron chi connectivity index (χ4n) is 10.4. The molecule has 10 rings (SSSR count). The number of carbonyl (C=O) groups excluding carboxylic acids is 2. The van der Waals surface area contributed by atoms with Gasteiger partial charge >= 0.3 is 0 Å². The Morgan fingerprint density at radius 2 is 1.86 bits per heavy atom. The number of benzene rings is 1. The second-order valence-corrected chi connectivity index (χ2v) is 18.0.